The zero-order valence-electron chi connectivity index (χ0n) is 18.4. The summed E-state index contributed by atoms with van der Waals surface area (Å²) in [6.07, 6.45) is 0. The molecule has 2 aromatic carbocycles. The molecule has 9 nitrogen and oxygen atoms in total. The van der Waals surface area contributed by atoms with Crippen LogP contribution in [0, 0.1) is 0 Å². The molecule has 2 amide bonds. The number of aliphatic hydroxyl groups excluding tert-OH is 1. The van der Waals surface area contributed by atoms with Crippen LogP contribution in [0.25, 0.3) is 0 Å². The zero-order valence-corrected chi connectivity index (χ0v) is 20.7. The molecule has 1 atom stereocenters. The molecule has 1 heterocycles. The Bertz CT molecular complexity index is 1160. The molecule has 0 aliphatic rings. The van der Waals surface area contributed by atoms with Gasteiger partial charge in [-0.25, -0.2) is 0 Å². The lowest BCUT2D eigenvalue weighted by Crippen LogP contribution is -2.32. The summed E-state index contributed by atoms with van der Waals surface area (Å²) >= 11 is 13.1. The molecule has 1 aromatic heterocycles. The van der Waals surface area contributed by atoms with Crippen molar-refractivity contribution in [3.63, 3.8) is 0 Å². The SMILES string of the molecule is CCn1c(SCC(=O)Nc2ccc(Cl)c(Cl)c2)nnc1C(CO)NC(=O)c1ccc(OC)cc1. The summed E-state index contributed by atoms with van der Waals surface area (Å²) in [5, 5.41) is 24.9. The van der Waals surface area contributed by atoms with Crippen LogP contribution < -0.4 is 15.4 Å². The van der Waals surface area contributed by atoms with Gasteiger partial charge in [0.1, 0.15) is 11.8 Å². The number of hydrogen-bond acceptors (Lipinski definition) is 7. The molecule has 0 radical (unpaired) electrons. The molecule has 0 aliphatic carbocycles. The van der Waals surface area contributed by atoms with Crippen LogP contribution >= 0.6 is 35.0 Å². The van der Waals surface area contributed by atoms with Crippen molar-refractivity contribution in [3.8, 4) is 5.75 Å². The van der Waals surface area contributed by atoms with E-state index in [2.05, 4.69) is 20.8 Å². The number of nitrogens with one attached hydrogen (secondary N) is 2. The Kier molecular flexibility index (Phi) is 9.17. The summed E-state index contributed by atoms with van der Waals surface area (Å²) in [4.78, 5) is 25.0. The van der Waals surface area contributed by atoms with Crippen LogP contribution in [0.15, 0.2) is 47.6 Å². The maximum atomic E-state index is 12.6. The van der Waals surface area contributed by atoms with E-state index in [4.69, 9.17) is 27.9 Å². The number of rotatable bonds is 10. The van der Waals surface area contributed by atoms with Crippen molar-refractivity contribution >= 4 is 52.5 Å². The molecular formula is C22H23Cl2N5O4S. The molecule has 0 aliphatic heterocycles. The van der Waals surface area contributed by atoms with Gasteiger partial charge in [0.15, 0.2) is 11.0 Å². The molecule has 180 valence electrons. The normalized spacial score (nSPS) is 11.7. The van der Waals surface area contributed by atoms with Gasteiger partial charge in [0.05, 0.1) is 29.5 Å². The standard InChI is InChI=1S/C22H23Cl2N5O4S/c1-3-29-20(18(11-30)26-21(32)13-4-7-15(33-2)8-5-13)27-28-22(29)34-12-19(31)25-14-6-9-16(23)17(24)10-14/h4-10,18,30H,3,11-12H2,1-2H3,(H,25,31)(H,26,32). The number of aliphatic hydroxyl groups is 1. The number of aromatic nitrogens is 3. The average molecular weight is 524 g/mol. The van der Waals surface area contributed by atoms with Gasteiger partial charge in [-0.1, -0.05) is 35.0 Å². The topological polar surface area (TPSA) is 118 Å². The van der Waals surface area contributed by atoms with Crippen LogP contribution in [0.3, 0.4) is 0 Å². The lowest BCUT2D eigenvalue weighted by Gasteiger charge is -2.17. The van der Waals surface area contributed by atoms with Crippen molar-refractivity contribution in [2.75, 3.05) is 24.8 Å². The van der Waals surface area contributed by atoms with Crippen molar-refractivity contribution in [1.29, 1.82) is 0 Å². The molecular weight excluding hydrogens is 501 g/mol. The minimum atomic E-state index is -0.776. The third-order valence-electron chi connectivity index (χ3n) is 4.75. The van der Waals surface area contributed by atoms with Gasteiger partial charge in [0, 0.05) is 17.8 Å². The third kappa shape index (κ3) is 6.41. The first-order valence-corrected chi connectivity index (χ1v) is 12.0. The molecule has 1 unspecified atom stereocenters. The lowest BCUT2D eigenvalue weighted by molar-refractivity contribution is -0.113. The predicted molar refractivity (Wildman–Crippen MR) is 132 cm³/mol. The van der Waals surface area contributed by atoms with Crippen LogP contribution in [0.5, 0.6) is 5.75 Å². The molecule has 34 heavy (non-hydrogen) atoms. The minimum absolute atomic E-state index is 0.0698. The largest absolute Gasteiger partial charge is 0.497 e. The van der Waals surface area contributed by atoms with Gasteiger partial charge in [-0.3, -0.25) is 9.59 Å². The van der Waals surface area contributed by atoms with Crippen LogP contribution in [-0.4, -0.2) is 51.2 Å². The first-order valence-electron chi connectivity index (χ1n) is 10.2. The molecule has 0 bridgehead atoms. The van der Waals surface area contributed by atoms with Gasteiger partial charge in [0.2, 0.25) is 5.91 Å². The number of anilines is 1. The summed E-state index contributed by atoms with van der Waals surface area (Å²) < 4.78 is 6.84. The number of amides is 2. The van der Waals surface area contributed by atoms with Crippen LogP contribution in [0.1, 0.15) is 29.1 Å². The van der Waals surface area contributed by atoms with E-state index in [0.29, 0.717) is 44.6 Å². The van der Waals surface area contributed by atoms with Gasteiger partial charge < -0.3 is 25.0 Å². The second kappa shape index (κ2) is 12.1. The monoisotopic (exact) mass is 523 g/mol. The minimum Gasteiger partial charge on any atom is -0.497 e. The van der Waals surface area contributed by atoms with E-state index in [1.165, 1.54) is 11.8 Å². The fraction of sp³-hybridized carbons (Fsp3) is 0.273. The van der Waals surface area contributed by atoms with E-state index in [-0.39, 0.29) is 24.2 Å². The molecule has 3 rings (SSSR count). The van der Waals surface area contributed by atoms with Crippen molar-refractivity contribution in [1.82, 2.24) is 20.1 Å². The van der Waals surface area contributed by atoms with E-state index in [1.54, 1.807) is 54.1 Å². The van der Waals surface area contributed by atoms with E-state index in [1.807, 2.05) is 6.92 Å². The fourth-order valence-electron chi connectivity index (χ4n) is 3.04. The molecule has 3 aromatic rings. The van der Waals surface area contributed by atoms with Crippen LogP contribution in [-0.2, 0) is 11.3 Å². The highest BCUT2D eigenvalue weighted by Crippen LogP contribution is 2.26. The number of benzene rings is 2. The number of halogens is 2. The maximum absolute atomic E-state index is 12.6. The Morgan fingerprint density at radius 2 is 1.88 bits per heavy atom. The van der Waals surface area contributed by atoms with E-state index < -0.39 is 6.04 Å². The number of carbonyl (C=O) groups excluding carboxylic acids is 2. The summed E-state index contributed by atoms with van der Waals surface area (Å²) in [5.41, 5.74) is 0.939. The zero-order chi connectivity index (χ0) is 24.7. The van der Waals surface area contributed by atoms with Crippen molar-refractivity contribution in [2.24, 2.45) is 0 Å². The number of carbonyl (C=O) groups is 2. The quantitative estimate of drug-likeness (QED) is 0.345. The number of methoxy groups -OCH3 is 1. The van der Waals surface area contributed by atoms with Gasteiger partial charge in [0.25, 0.3) is 5.91 Å². The average Bonchev–Trinajstić information content (AvgIpc) is 3.26. The number of thioether (sulfide) groups is 1. The first-order chi connectivity index (χ1) is 16.4. The van der Waals surface area contributed by atoms with Gasteiger partial charge in [-0.2, -0.15) is 0 Å². The molecule has 3 N–H and O–H groups in total. The van der Waals surface area contributed by atoms with Gasteiger partial charge in [-0.05, 0) is 49.4 Å². The predicted octanol–water partition coefficient (Wildman–Crippen LogP) is 3.81. The van der Waals surface area contributed by atoms with Gasteiger partial charge in [-0.15, -0.1) is 10.2 Å². The van der Waals surface area contributed by atoms with Crippen molar-refractivity contribution in [3.05, 3.63) is 63.9 Å². The molecule has 0 saturated heterocycles. The Hall–Kier alpha value is -2.79. The molecule has 12 heteroatoms. The Morgan fingerprint density at radius 1 is 1.15 bits per heavy atom. The summed E-state index contributed by atoms with van der Waals surface area (Å²) in [6, 6.07) is 10.6. The third-order valence-corrected chi connectivity index (χ3v) is 6.45. The highest BCUT2D eigenvalue weighted by molar-refractivity contribution is 7.99. The van der Waals surface area contributed by atoms with E-state index in [0.717, 1.165) is 0 Å². The number of hydrogen-bond donors (Lipinski definition) is 3. The lowest BCUT2D eigenvalue weighted by atomic mass is 10.2. The van der Waals surface area contributed by atoms with Crippen molar-refractivity contribution in [2.45, 2.75) is 24.7 Å². The van der Waals surface area contributed by atoms with Crippen LogP contribution in [0.2, 0.25) is 10.0 Å². The summed E-state index contributed by atoms with van der Waals surface area (Å²) in [5.74, 6) is 0.454. The second-order valence-corrected chi connectivity index (χ2v) is 8.74. The van der Waals surface area contributed by atoms with Gasteiger partial charge >= 0.3 is 0 Å². The second-order valence-electron chi connectivity index (χ2n) is 6.99. The Morgan fingerprint density at radius 3 is 2.50 bits per heavy atom. The number of ether oxygens (including phenoxy) is 1. The van der Waals surface area contributed by atoms with Crippen molar-refractivity contribution < 1.29 is 19.4 Å². The smallest absolute Gasteiger partial charge is 0.251 e. The highest BCUT2D eigenvalue weighted by atomic mass is 35.5. The fourth-order valence-corrected chi connectivity index (χ4v) is 4.15. The number of nitrogens with zero attached hydrogens (tertiary/aromatic N) is 3. The molecule has 0 spiro atoms. The first kappa shape index (κ1) is 25.8. The summed E-state index contributed by atoms with van der Waals surface area (Å²) in [6.45, 7) is 1.99. The maximum Gasteiger partial charge on any atom is 0.251 e. The Labute approximate surface area is 210 Å². The van der Waals surface area contributed by atoms with E-state index >= 15 is 0 Å². The van der Waals surface area contributed by atoms with Crippen LogP contribution in [0.4, 0.5) is 5.69 Å². The molecule has 0 fully saturated rings. The van der Waals surface area contributed by atoms with E-state index in [9.17, 15) is 14.7 Å². The summed E-state index contributed by atoms with van der Waals surface area (Å²) in [7, 11) is 1.54. The highest BCUT2D eigenvalue weighted by Gasteiger charge is 2.23. The Balaban J connectivity index is 1.65. The molecule has 0 saturated carbocycles.